The molecule has 2 heterocycles. The van der Waals surface area contributed by atoms with E-state index in [1.165, 1.54) is 23.5 Å². The van der Waals surface area contributed by atoms with Gasteiger partial charge in [-0.3, -0.25) is 9.69 Å². The first kappa shape index (κ1) is 17.0. The van der Waals surface area contributed by atoms with Crippen molar-refractivity contribution in [2.45, 2.75) is 19.0 Å². The van der Waals surface area contributed by atoms with E-state index in [0.717, 1.165) is 5.01 Å². The third-order valence-corrected chi connectivity index (χ3v) is 4.96. The lowest BCUT2D eigenvalue weighted by atomic mass is 10.0. The predicted octanol–water partition coefficient (Wildman–Crippen LogP) is 2.53. The Morgan fingerprint density at radius 2 is 2.21 bits per heavy atom. The van der Waals surface area contributed by atoms with Gasteiger partial charge in [-0.15, -0.1) is 11.3 Å². The Bertz CT molecular complexity index is 674. The van der Waals surface area contributed by atoms with E-state index in [2.05, 4.69) is 10.3 Å². The normalized spacial score (nSPS) is 18.1. The minimum absolute atomic E-state index is 0.148. The topological polar surface area (TPSA) is 54.5 Å². The number of benzene rings is 1. The molecule has 0 bridgehead atoms. The van der Waals surface area contributed by atoms with Crippen molar-refractivity contribution in [3.8, 4) is 0 Å². The average Bonchev–Trinajstić information content (AvgIpc) is 3.11. The molecule has 3 rings (SSSR count). The number of hydrogen-bond donors (Lipinski definition) is 1. The molecule has 1 amide bonds. The van der Waals surface area contributed by atoms with E-state index >= 15 is 0 Å². The van der Waals surface area contributed by atoms with Gasteiger partial charge in [-0.2, -0.15) is 0 Å². The Morgan fingerprint density at radius 3 is 2.88 bits per heavy atom. The molecule has 0 aliphatic carbocycles. The Morgan fingerprint density at radius 1 is 1.42 bits per heavy atom. The van der Waals surface area contributed by atoms with E-state index in [1.807, 2.05) is 17.2 Å². The van der Waals surface area contributed by atoms with Gasteiger partial charge in [0, 0.05) is 24.7 Å². The summed E-state index contributed by atoms with van der Waals surface area (Å²) >= 11 is 1.50. The van der Waals surface area contributed by atoms with Crippen molar-refractivity contribution in [1.29, 1.82) is 0 Å². The van der Waals surface area contributed by atoms with Gasteiger partial charge in [-0.25, -0.2) is 9.37 Å². The minimum atomic E-state index is -0.535. The zero-order valence-corrected chi connectivity index (χ0v) is 14.3. The van der Waals surface area contributed by atoms with Crippen molar-refractivity contribution in [2.75, 3.05) is 26.3 Å². The number of nitrogens with zero attached hydrogens (tertiary/aromatic N) is 2. The van der Waals surface area contributed by atoms with Gasteiger partial charge >= 0.3 is 0 Å². The molecule has 2 aromatic rings. The van der Waals surface area contributed by atoms with Crippen LogP contribution in [-0.2, 0) is 9.53 Å². The molecule has 1 aliphatic rings. The lowest BCUT2D eigenvalue weighted by Gasteiger charge is -2.34. The zero-order valence-electron chi connectivity index (χ0n) is 13.4. The van der Waals surface area contributed by atoms with Gasteiger partial charge in [0.25, 0.3) is 0 Å². The molecule has 0 radical (unpaired) electrons. The quantitative estimate of drug-likeness (QED) is 0.901. The summed E-state index contributed by atoms with van der Waals surface area (Å²) in [5.74, 6) is -0.489. The fourth-order valence-corrected chi connectivity index (χ4v) is 3.49. The van der Waals surface area contributed by atoms with Crippen molar-refractivity contribution in [3.63, 3.8) is 0 Å². The number of morpholine rings is 1. The molecule has 0 saturated carbocycles. The number of ether oxygens (including phenoxy) is 1. The Balaban J connectivity index is 1.81. The smallest absolute Gasteiger partial charge is 0.242 e. The first-order valence-electron chi connectivity index (χ1n) is 7.92. The van der Waals surface area contributed by atoms with Gasteiger partial charge in [0.15, 0.2) is 0 Å². The van der Waals surface area contributed by atoms with Crippen LogP contribution in [0, 0.1) is 5.82 Å². The van der Waals surface area contributed by atoms with Gasteiger partial charge in [0.2, 0.25) is 5.91 Å². The molecular weight excluding hydrogens is 329 g/mol. The van der Waals surface area contributed by atoms with Gasteiger partial charge in [0.05, 0.1) is 19.3 Å². The van der Waals surface area contributed by atoms with Crippen LogP contribution >= 0.6 is 11.3 Å². The molecule has 24 heavy (non-hydrogen) atoms. The summed E-state index contributed by atoms with van der Waals surface area (Å²) in [4.78, 5) is 19.2. The molecule has 5 nitrogen and oxygen atoms in total. The number of nitrogens with one attached hydrogen (secondary N) is 1. The van der Waals surface area contributed by atoms with Crippen molar-refractivity contribution < 1.29 is 13.9 Å². The second kappa shape index (κ2) is 7.83. The van der Waals surface area contributed by atoms with Crippen LogP contribution in [0.25, 0.3) is 0 Å². The predicted molar refractivity (Wildman–Crippen MR) is 90.2 cm³/mol. The molecule has 1 N–H and O–H groups in total. The van der Waals surface area contributed by atoms with E-state index in [0.29, 0.717) is 31.9 Å². The first-order valence-corrected chi connectivity index (χ1v) is 8.80. The molecule has 1 aliphatic heterocycles. The lowest BCUT2D eigenvalue weighted by molar-refractivity contribution is -0.129. The molecule has 1 aromatic heterocycles. The molecule has 7 heteroatoms. The fraction of sp³-hybridized carbons (Fsp3) is 0.412. The summed E-state index contributed by atoms with van der Waals surface area (Å²) in [6, 6.07) is 5.51. The van der Waals surface area contributed by atoms with Crippen molar-refractivity contribution in [2.24, 2.45) is 0 Å². The molecule has 128 valence electrons. The maximum absolute atomic E-state index is 13.7. The Hall–Kier alpha value is -1.83. The highest BCUT2D eigenvalue weighted by atomic mass is 32.1. The van der Waals surface area contributed by atoms with E-state index in [4.69, 9.17) is 4.74 Å². The fourth-order valence-electron chi connectivity index (χ4n) is 2.84. The highest BCUT2D eigenvalue weighted by Crippen LogP contribution is 2.25. The van der Waals surface area contributed by atoms with E-state index in [9.17, 15) is 9.18 Å². The van der Waals surface area contributed by atoms with Crippen LogP contribution in [0.5, 0.6) is 0 Å². The van der Waals surface area contributed by atoms with Crippen LogP contribution < -0.4 is 5.32 Å². The first-order chi connectivity index (χ1) is 11.6. The maximum atomic E-state index is 13.7. The molecule has 1 fully saturated rings. The summed E-state index contributed by atoms with van der Waals surface area (Å²) in [6.07, 6.45) is 1.72. The Kier molecular flexibility index (Phi) is 5.55. The Labute approximate surface area is 144 Å². The SMILES string of the molecule is CC(NC(=O)C(c1cccc(F)c1)N1CCOCC1)c1nccs1. The molecule has 1 saturated heterocycles. The zero-order chi connectivity index (χ0) is 16.9. The lowest BCUT2D eigenvalue weighted by Crippen LogP contribution is -2.46. The highest BCUT2D eigenvalue weighted by molar-refractivity contribution is 7.09. The number of thiazole rings is 1. The van der Waals surface area contributed by atoms with Gasteiger partial charge < -0.3 is 10.1 Å². The third-order valence-electron chi connectivity index (χ3n) is 4.00. The summed E-state index contributed by atoms with van der Waals surface area (Å²) in [5, 5.41) is 5.73. The average molecular weight is 349 g/mol. The largest absolute Gasteiger partial charge is 0.379 e. The number of carbonyl (C=O) groups excluding carboxylic acids is 1. The highest BCUT2D eigenvalue weighted by Gasteiger charge is 2.30. The number of halogens is 1. The van der Waals surface area contributed by atoms with Crippen LogP contribution in [-0.4, -0.2) is 42.1 Å². The van der Waals surface area contributed by atoms with Crippen LogP contribution in [0.4, 0.5) is 4.39 Å². The monoisotopic (exact) mass is 349 g/mol. The van der Waals surface area contributed by atoms with Gasteiger partial charge in [-0.1, -0.05) is 12.1 Å². The molecule has 1 aromatic carbocycles. The number of aromatic nitrogens is 1. The van der Waals surface area contributed by atoms with Gasteiger partial charge in [0.1, 0.15) is 16.9 Å². The number of rotatable bonds is 5. The van der Waals surface area contributed by atoms with E-state index in [1.54, 1.807) is 18.3 Å². The number of amides is 1. The summed E-state index contributed by atoms with van der Waals surface area (Å²) in [6.45, 7) is 4.32. The summed E-state index contributed by atoms with van der Waals surface area (Å²) < 4.78 is 19.0. The molecule has 0 spiro atoms. The van der Waals surface area contributed by atoms with E-state index < -0.39 is 6.04 Å². The molecule has 2 unspecified atom stereocenters. The van der Waals surface area contributed by atoms with Crippen molar-refractivity contribution in [3.05, 3.63) is 52.2 Å². The van der Waals surface area contributed by atoms with Crippen LogP contribution in [0.2, 0.25) is 0 Å². The summed E-state index contributed by atoms with van der Waals surface area (Å²) in [7, 11) is 0. The maximum Gasteiger partial charge on any atom is 0.242 e. The standard InChI is InChI=1S/C17H20FN3O2S/c1-12(17-19-5-10-24-17)20-16(22)15(21-6-8-23-9-7-21)13-3-2-4-14(18)11-13/h2-5,10-12,15H,6-9H2,1H3,(H,20,22). The minimum Gasteiger partial charge on any atom is -0.379 e. The number of carbonyl (C=O) groups is 1. The second-order valence-electron chi connectivity index (χ2n) is 5.71. The second-order valence-corrected chi connectivity index (χ2v) is 6.63. The van der Waals surface area contributed by atoms with Crippen LogP contribution in [0.15, 0.2) is 35.8 Å². The number of hydrogen-bond acceptors (Lipinski definition) is 5. The summed E-state index contributed by atoms with van der Waals surface area (Å²) in [5.41, 5.74) is 0.653. The van der Waals surface area contributed by atoms with Gasteiger partial charge in [-0.05, 0) is 24.6 Å². The van der Waals surface area contributed by atoms with Crippen molar-refractivity contribution in [1.82, 2.24) is 15.2 Å². The third kappa shape index (κ3) is 3.98. The van der Waals surface area contributed by atoms with Crippen LogP contribution in [0.3, 0.4) is 0 Å². The van der Waals surface area contributed by atoms with Crippen LogP contribution in [0.1, 0.15) is 29.6 Å². The molecule has 2 atom stereocenters. The van der Waals surface area contributed by atoms with Crippen molar-refractivity contribution >= 4 is 17.2 Å². The molecular formula is C17H20FN3O2S. The van der Waals surface area contributed by atoms with E-state index in [-0.39, 0.29) is 17.8 Å².